The van der Waals surface area contributed by atoms with Gasteiger partial charge in [0.1, 0.15) is 0 Å². The van der Waals surface area contributed by atoms with Gasteiger partial charge in [-0.1, -0.05) is 22.9 Å². The molecule has 0 aliphatic carbocycles. The Kier molecular flexibility index (Phi) is 6.25. The standard InChI is InChI=1S/C16H23N5O2/c1-12-4-6-14(7-5-12)21-13(2)15(19-20-21)16(22)18-9-8-17-10-11-23-3/h4-7,17H,8-11H2,1-3H3,(H,18,22). The summed E-state index contributed by atoms with van der Waals surface area (Å²) in [5.74, 6) is -0.214. The van der Waals surface area contributed by atoms with Crippen LogP contribution in [0.1, 0.15) is 21.7 Å². The van der Waals surface area contributed by atoms with Crippen LogP contribution in [0.25, 0.3) is 5.69 Å². The van der Waals surface area contributed by atoms with Crippen LogP contribution in [0.5, 0.6) is 0 Å². The van der Waals surface area contributed by atoms with Gasteiger partial charge >= 0.3 is 0 Å². The molecule has 0 radical (unpaired) electrons. The van der Waals surface area contributed by atoms with Crippen molar-refractivity contribution in [3.63, 3.8) is 0 Å². The molecule has 1 amide bonds. The van der Waals surface area contributed by atoms with Crippen molar-refractivity contribution >= 4 is 5.91 Å². The quantitative estimate of drug-likeness (QED) is 0.706. The van der Waals surface area contributed by atoms with Crippen molar-refractivity contribution in [2.75, 3.05) is 33.4 Å². The summed E-state index contributed by atoms with van der Waals surface area (Å²) in [5.41, 5.74) is 3.13. The van der Waals surface area contributed by atoms with E-state index in [0.717, 1.165) is 17.9 Å². The number of methoxy groups -OCH3 is 1. The number of benzene rings is 1. The molecule has 0 bridgehead atoms. The number of ether oxygens (including phenoxy) is 1. The Labute approximate surface area is 136 Å². The number of aromatic nitrogens is 3. The van der Waals surface area contributed by atoms with Gasteiger partial charge in [0.25, 0.3) is 5.91 Å². The van der Waals surface area contributed by atoms with E-state index in [1.54, 1.807) is 11.8 Å². The molecule has 2 N–H and O–H groups in total. The first-order chi connectivity index (χ1) is 11.1. The number of rotatable bonds is 8. The van der Waals surface area contributed by atoms with Gasteiger partial charge in [-0.2, -0.15) is 0 Å². The molecule has 1 aromatic heterocycles. The van der Waals surface area contributed by atoms with Crippen molar-refractivity contribution in [3.8, 4) is 5.69 Å². The molecular formula is C16H23N5O2. The van der Waals surface area contributed by atoms with Gasteiger partial charge in [-0.25, -0.2) is 4.68 Å². The number of nitrogens with one attached hydrogen (secondary N) is 2. The lowest BCUT2D eigenvalue weighted by atomic mass is 10.2. The van der Waals surface area contributed by atoms with E-state index in [2.05, 4.69) is 20.9 Å². The van der Waals surface area contributed by atoms with E-state index in [-0.39, 0.29) is 5.91 Å². The topological polar surface area (TPSA) is 81.1 Å². The Balaban J connectivity index is 1.93. The Morgan fingerprint density at radius 2 is 1.91 bits per heavy atom. The lowest BCUT2D eigenvalue weighted by Crippen LogP contribution is -2.33. The van der Waals surface area contributed by atoms with Gasteiger partial charge in [0.15, 0.2) is 5.69 Å². The first-order valence-electron chi connectivity index (χ1n) is 7.60. The molecule has 0 saturated carbocycles. The number of aryl methyl sites for hydroxylation is 1. The van der Waals surface area contributed by atoms with Crippen molar-refractivity contribution in [1.82, 2.24) is 25.6 Å². The number of hydrogen-bond donors (Lipinski definition) is 2. The summed E-state index contributed by atoms with van der Waals surface area (Å²) < 4.78 is 6.61. The number of carbonyl (C=O) groups excluding carboxylic acids is 1. The summed E-state index contributed by atoms with van der Waals surface area (Å²) in [6, 6.07) is 7.92. The van der Waals surface area contributed by atoms with E-state index in [1.165, 1.54) is 5.56 Å². The van der Waals surface area contributed by atoms with Gasteiger partial charge in [0.2, 0.25) is 0 Å². The molecule has 0 fully saturated rings. The van der Waals surface area contributed by atoms with Gasteiger partial charge in [-0.05, 0) is 26.0 Å². The van der Waals surface area contributed by atoms with Gasteiger partial charge in [-0.15, -0.1) is 5.10 Å². The highest BCUT2D eigenvalue weighted by molar-refractivity contribution is 5.93. The van der Waals surface area contributed by atoms with Crippen LogP contribution in [0.4, 0.5) is 0 Å². The average molecular weight is 317 g/mol. The maximum Gasteiger partial charge on any atom is 0.273 e. The van der Waals surface area contributed by atoms with Crippen LogP contribution < -0.4 is 10.6 Å². The molecule has 0 atom stereocenters. The zero-order valence-electron chi connectivity index (χ0n) is 13.8. The lowest BCUT2D eigenvalue weighted by molar-refractivity contribution is 0.0948. The van der Waals surface area contributed by atoms with Crippen LogP contribution in [-0.2, 0) is 4.74 Å². The molecular weight excluding hydrogens is 294 g/mol. The minimum Gasteiger partial charge on any atom is -0.383 e. The highest BCUT2D eigenvalue weighted by atomic mass is 16.5. The second-order valence-corrected chi connectivity index (χ2v) is 5.27. The fraction of sp³-hybridized carbons (Fsp3) is 0.438. The number of carbonyl (C=O) groups is 1. The second-order valence-electron chi connectivity index (χ2n) is 5.27. The molecule has 1 heterocycles. The molecule has 0 aliphatic rings. The minimum atomic E-state index is -0.214. The van der Waals surface area contributed by atoms with E-state index < -0.39 is 0 Å². The number of amides is 1. The summed E-state index contributed by atoms with van der Waals surface area (Å²) in [7, 11) is 1.66. The molecule has 1 aromatic carbocycles. The molecule has 0 spiro atoms. The van der Waals surface area contributed by atoms with Crippen LogP contribution in [0, 0.1) is 13.8 Å². The summed E-state index contributed by atoms with van der Waals surface area (Å²) in [6.07, 6.45) is 0. The van der Waals surface area contributed by atoms with E-state index in [9.17, 15) is 4.79 Å². The van der Waals surface area contributed by atoms with E-state index in [1.807, 2.05) is 38.1 Å². The van der Waals surface area contributed by atoms with Crippen LogP contribution in [0.2, 0.25) is 0 Å². The Morgan fingerprint density at radius 3 is 2.61 bits per heavy atom. The highest BCUT2D eigenvalue weighted by Gasteiger charge is 2.16. The Hall–Kier alpha value is -2.25. The molecule has 0 unspecified atom stereocenters. The van der Waals surface area contributed by atoms with Crippen molar-refractivity contribution < 1.29 is 9.53 Å². The summed E-state index contributed by atoms with van der Waals surface area (Å²) in [4.78, 5) is 12.2. The third-order valence-electron chi connectivity index (χ3n) is 3.46. The highest BCUT2D eigenvalue weighted by Crippen LogP contribution is 2.12. The minimum absolute atomic E-state index is 0.214. The molecule has 124 valence electrons. The maximum absolute atomic E-state index is 12.2. The molecule has 23 heavy (non-hydrogen) atoms. The Bertz CT molecular complexity index is 636. The summed E-state index contributed by atoms with van der Waals surface area (Å²) in [5, 5.41) is 14.1. The van der Waals surface area contributed by atoms with Crippen molar-refractivity contribution in [3.05, 3.63) is 41.2 Å². The zero-order chi connectivity index (χ0) is 16.7. The van der Waals surface area contributed by atoms with Gasteiger partial charge < -0.3 is 15.4 Å². The Morgan fingerprint density at radius 1 is 1.17 bits per heavy atom. The van der Waals surface area contributed by atoms with Gasteiger partial charge in [0.05, 0.1) is 18.0 Å². The van der Waals surface area contributed by atoms with E-state index in [0.29, 0.717) is 25.4 Å². The van der Waals surface area contributed by atoms with Crippen LogP contribution in [0.15, 0.2) is 24.3 Å². The van der Waals surface area contributed by atoms with E-state index in [4.69, 9.17) is 4.74 Å². The van der Waals surface area contributed by atoms with Gasteiger partial charge in [-0.3, -0.25) is 4.79 Å². The van der Waals surface area contributed by atoms with Crippen LogP contribution in [-0.4, -0.2) is 54.3 Å². The molecule has 2 rings (SSSR count). The average Bonchev–Trinajstić information content (AvgIpc) is 2.93. The molecule has 7 heteroatoms. The maximum atomic E-state index is 12.2. The lowest BCUT2D eigenvalue weighted by Gasteiger charge is -2.06. The smallest absolute Gasteiger partial charge is 0.273 e. The third kappa shape index (κ3) is 4.61. The largest absolute Gasteiger partial charge is 0.383 e. The predicted molar refractivity (Wildman–Crippen MR) is 87.9 cm³/mol. The first-order valence-corrected chi connectivity index (χ1v) is 7.60. The predicted octanol–water partition coefficient (Wildman–Crippen LogP) is 0.850. The zero-order valence-corrected chi connectivity index (χ0v) is 13.8. The van der Waals surface area contributed by atoms with Crippen molar-refractivity contribution in [2.24, 2.45) is 0 Å². The second kappa shape index (κ2) is 8.40. The number of hydrogen-bond acceptors (Lipinski definition) is 5. The monoisotopic (exact) mass is 317 g/mol. The SMILES string of the molecule is COCCNCCNC(=O)c1nnn(-c2ccc(C)cc2)c1C. The molecule has 0 aliphatic heterocycles. The summed E-state index contributed by atoms with van der Waals surface area (Å²) >= 11 is 0. The fourth-order valence-electron chi connectivity index (χ4n) is 2.12. The first kappa shape index (κ1) is 17.1. The normalized spacial score (nSPS) is 10.7. The van der Waals surface area contributed by atoms with Crippen molar-refractivity contribution in [1.29, 1.82) is 0 Å². The van der Waals surface area contributed by atoms with E-state index >= 15 is 0 Å². The van der Waals surface area contributed by atoms with Crippen LogP contribution in [0.3, 0.4) is 0 Å². The fourth-order valence-corrected chi connectivity index (χ4v) is 2.12. The van der Waals surface area contributed by atoms with Crippen molar-refractivity contribution in [2.45, 2.75) is 13.8 Å². The summed E-state index contributed by atoms with van der Waals surface area (Å²) in [6.45, 7) is 6.48. The molecule has 2 aromatic rings. The van der Waals surface area contributed by atoms with Gasteiger partial charge in [0, 0.05) is 26.7 Å². The molecule has 0 saturated heterocycles. The third-order valence-corrected chi connectivity index (χ3v) is 3.46. The van der Waals surface area contributed by atoms with Crippen LogP contribution >= 0.6 is 0 Å². The number of nitrogens with zero attached hydrogens (tertiary/aromatic N) is 3. The molecule has 7 nitrogen and oxygen atoms in total.